The number of amides is 1. The highest BCUT2D eigenvalue weighted by molar-refractivity contribution is 5.81. The Labute approximate surface area is 189 Å². The second kappa shape index (κ2) is 9.39. The van der Waals surface area contributed by atoms with Gasteiger partial charge in [0.15, 0.2) is 0 Å². The number of carbonyl (C=O) groups excluding carboxylic acids is 1. The average Bonchev–Trinajstić information content (AvgIpc) is 3.39. The van der Waals surface area contributed by atoms with Crippen molar-refractivity contribution in [3.63, 3.8) is 0 Å². The number of hydrogen-bond acceptors (Lipinski definition) is 2. The number of aromatic nitrogens is 2. The molecule has 1 aliphatic heterocycles. The number of para-hydroxylation sites is 2. The number of imidazole rings is 1. The summed E-state index contributed by atoms with van der Waals surface area (Å²) in [6, 6.07) is 29.4. The number of carbonyl (C=O) groups is 1. The van der Waals surface area contributed by atoms with Crippen molar-refractivity contribution in [1.29, 1.82) is 0 Å². The first-order chi connectivity index (χ1) is 15.8. The van der Waals surface area contributed by atoms with Gasteiger partial charge < -0.3 is 9.47 Å². The van der Waals surface area contributed by atoms with Crippen LogP contribution < -0.4 is 0 Å². The van der Waals surface area contributed by atoms with Crippen molar-refractivity contribution in [2.75, 3.05) is 13.1 Å². The standard InChI is InChI=1S/C28H29N3O/c32-27-20-24(21-30(27)19-17-23-12-5-2-6-13-23)28-29-25-15-7-8-16-26(25)31(28)18-9-14-22-10-3-1-4-11-22/h1-8,10-13,15-16,24H,9,14,17-21H2. The van der Waals surface area contributed by atoms with E-state index in [1.807, 2.05) is 17.0 Å². The van der Waals surface area contributed by atoms with Crippen molar-refractivity contribution in [3.05, 3.63) is 102 Å². The third-order valence-corrected chi connectivity index (χ3v) is 6.47. The lowest BCUT2D eigenvalue weighted by Gasteiger charge is -2.17. The highest BCUT2D eigenvalue weighted by atomic mass is 16.2. The summed E-state index contributed by atoms with van der Waals surface area (Å²) in [5, 5.41) is 0. The monoisotopic (exact) mass is 423 g/mol. The van der Waals surface area contributed by atoms with Gasteiger partial charge in [-0.3, -0.25) is 4.79 Å². The Morgan fingerprint density at radius 1 is 0.781 bits per heavy atom. The highest BCUT2D eigenvalue weighted by Crippen LogP contribution is 2.31. The zero-order valence-corrected chi connectivity index (χ0v) is 18.4. The second-order valence-electron chi connectivity index (χ2n) is 8.68. The molecule has 0 spiro atoms. The van der Waals surface area contributed by atoms with Gasteiger partial charge in [0.1, 0.15) is 5.82 Å². The number of fused-ring (bicyclic) bond motifs is 1. The van der Waals surface area contributed by atoms with Crippen molar-refractivity contribution in [2.24, 2.45) is 0 Å². The Bertz CT molecular complexity index is 1180. The molecule has 162 valence electrons. The van der Waals surface area contributed by atoms with Crippen LogP contribution in [0, 0.1) is 0 Å². The molecule has 32 heavy (non-hydrogen) atoms. The van der Waals surface area contributed by atoms with Crippen LogP contribution in [0.2, 0.25) is 0 Å². The number of benzene rings is 3. The third kappa shape index (κ3) is 4.45. The predicted octanol–water partition coefficient (Wildman–Crippen LogP) is 5.23. The van der Waals surface area contributed by atoms with Crippen molar-refractivity contribution < 1.29 is 4.79 Å². The molecule has 4 heteroatoms. The maximum Gasteiger partial charge on any atom is 0.223 e. The average molecular weight is 424 g/mol. The maximum atomic E-state index is 12.8. The normalized spacial score (nSPS) is 16.2. The minimum absolute atomic E-state index is 0.155. The predicted molar refractivity (Wildman–Crippen MR) is 129 cm³/mol. The highest BCUT2D eigenvalue weighted by Gasteiger charge is 2.33. The molecular formula is C28H29N3O. The smallest absolute Gasteiger partial charge is 0.223 e. The van der Waals surface area contributed by atoms with Gasteiger partial charge in [-0.05, 0) is 42.5 Å². The first-order valence-electron chi connectivity index (χ1n) is 11.6. The lowest BCUT2D eigenvalue weighted by atomic mass is 10.1. The van der Waals surface area contributed by atoms with E-state index in [4.69, 9.17) is 4.98 Å². The van der Waals surface area contributed by atoms with E-state index in [1.54, 1.807) is 0 Å². The lowest BCUT2D eigenvalue weighted by Crippen LogP contribution is -2.27. The lowest BCUT2D eigenvalue weighted by molar-refractivity contribution is -0.127. The second-order valence-corrected chi connectivity index (χ2v) is 8.68. The minimum atomic E-state index is 0.155. The van der Waals surface area contributed by atoms with Crippen molar-refractivity contribution in [3.8, 4) is 0 Å². The Kier molecular flexibility index (Phi) is 6.02. The molecule has 1 fully saturated rings. The molecule has 4 nitrogen and oxygen atoms in total. The molecule has 1 atom stereocenters. The molecule has 0 saturated carbocycles. The van der Waals surface area contributed by atoms with Crippen LogP contribution in [0.1, 0.15) is 35.7 Å². The third-order valence-electron chi connectivity index (χ3n) is 6.47. The van der Waals surface area contributed by atoms with Crippen LogP contribution in [0.25, 0.3) is 11.0 Å². The fourth-order valence-electron chi connectivity index (χ4n) is 4.80. The summed E-state index contributed by atoms with van der Waals surface area (Å²) in [5.41, 5.74) is 4.83. The molecule has 1 unspecified atom stereocenters. The van der Waals surface area contributed by atoms with Gasteiger partial charge >= 0.3 is 0 Å². The van der Waals surface area contributed by atoms with Crippen LogP contribution >= 0.6 is 0 Å². The van der Waals surface area contributed by atoms with Gasteiger partial charge in [-0.1, -0.05) is 72.8 Å². The van der Waals surface area contributed by atoms with E-state index in [1.165, 1.54) is 16.6 Å². The fourth-order valence-corrected chi connectivity index (χ4v) is 4.80. The number of likely N-dealkylation sites (tertiary alicyclic amines) is 1. The van der Waals surface area contributed by atoms with Crippen LogP contribution in [0.3, 0.4) is 0 Å². The first kappa shape index (κ1) is 20.5. The molecule has 0 bridgehead atoms. The zero-order valence-electron chi connectivity index (χ0n) is 18.4. The summed E-state index contributed by atoms with van der Waals surface area (Å²) in [6.45, 7) is 2.45. The SMILES string of the molecule is O=C1CC(c2nc3ccccc3n2CCCc2ccccc2)CN1CCc1ccccc1. The molecule has 4 aromatic rings. The molecular weight excluding hydrogens is 394 g/mol. The Hall–Kier alpha value is -3.40. The quantitative estimate of drug-likeness (QED) is 0.389. The maximum absolute atomic E-state index is 12.8. The van der Waals surface area contributed by atoms with Crippen LogP contribution in [0.15, 0.2) is 84.9 Å². The summed E-state index contributed by atoms with van der Waals surface area (Å²) in [4.78, 5) is 19.8. The van der Waals surface area contributed by atoms with Crippen molar-refractivity contribution in [2.45, 2.75) is 38.1 Å². The van der Waals surface area contributed by atoms with E-state index >= 15 is 0 Å². The molecule has 2 heterocycles. The van der Waals surface area contributed by atoms with Crippen molar-refractivity contribution >= 4 is 16.9 Å². The largest absolute Gasteiger partial charge is 0.342 e. The van der Waals surface area contributed by atoms with E-state index < -0.39 is 0 Å². The van der Waals surface area contributed by atoms with Crippen LogP contribution in [0.5, 0.6) is 0 Å². The zero-order chi connectivity index (χ0) is 21.8. The molecule has 0 N–H and O–H groups in total. The number of hydrogen-bond donors (Lipinski definition) is 0. The Balaban J connectivity index is 1.32. The summed E-state index contributed by atoms with van der Waals surface area (Å²) < 4.78 is 2.36. The molecule has 3 aromatic carbocycles. The summed E-state index contributed by atoms with van der Waals surface area (Å²) in [7, 11) is 0. The summed E-state index contributed by atoms with van der Waals surface area (Å²) in [5.74, 6) is 1.46. The molecule has 5 rings (SSSR count). The molecule has 1 aromatic heterocycles. The number of nitrogens with zero attached hydrogens (tertiary/aromatic N) is 3. The van der Waals surface area contributed by atoms with E-state index in [-0.39, 0.29) is 11.8 Å². The van der Waals surface area contributed by atoms with Gasteiger partial charge in [-0.2, -0.15) is 0 Å². The van der Waals surface area contributed by atoms with E-state index in [2.05, 4.69) is 77.4 Å². The summed E-state index contributed by atoms with van der Waals surface area (Å²) in [6.07, 6.45) is 3.54. The first-order valence-corrected chi connectivity index (χ1v) is 11.6. The van der Waals surface area contributed by atoms with Gasteiger partial charge in [0.05, 0.1) is 11.0 Å². The topological polar surface area (TPSA) is 38.1 Å². The molecule has 1 aliphatic rings. The van der Waals surface area contributed by atoms with Crippen molar-refractivity contribution in [1.82, 2.24) is 14.5 Å². The molecule has 0 radical (unpaired) electrons. The van der Waals surface area contributed by atoms with Crippen LogP contribution in [-0.4, -0.2) is 33.4 Å². The van der Waals surface area contributed by atoms with Crippen LogP contribution in [-0.2, 0) is 24.2 Å². The Morgan fingerprint density at radius 3 is 2.19 bits per heavy atom. The van der Waals surface area contributed by atoms with E-state index in [0.29, 0.717) is 6.42 Å². The fraction of sp³-hybridized carbons (Fsp3) is 0.286. The minimum Gasteiger partial charge on any atom is -0.342 e. The van der Waals surface area contributed by atoms with Gasteiger partial charge in [-0.25, -0.2) is 4.98 Å². The molecule has 1 amide bonds. The Morgan fingerprint density at radius 2 is 1.44 bits per heavy atom. The molecule has 1 saturated heterocycles. The summed E-state index contributed by atoms with van der Waals surface area (Å²) >= 11 is 0. The molecule has 0 aliphatic carbocycles. The van der Waals surface area contributed by atoms with Gasteiger partial charge in [0.2, 0.25) is 5.91 Å². The number of rotatable bonds is 8. The van der Waals surface area contributed by atoms with E-state index in [9.17, 15) is 4.79 Å². The van der Waals surface area contributed by atoms with Gasteiger partial charge in [-0.15, -0.1) is 0 Å². The van der Waals surface area contributed by atoms with Gasteiger partial charge in [0, 0.05) is 32.0 Å². The number of aryl methyl sites for hydroxylation is 2. The van der Waals surface area contributed by atoms with E-state index in [0.717, 1.165) is 50.2 Å². The van der Waals surface area contributed by atoms with Gasteiger partial charge in [0.25, 0.3) is 0 Å². The van der Waals surface area contributed by atoms with Crippen LogP contribution in [0.4, 0.5) is 0 Å².